The number of aromatic nitrogens is 4. The van der Waals surface area contributed by atoms with Crippen molar-refractivity contribution in [1.29, 1.82) is 0 Å². The second-order valence-corrected chi connectivity index (χ2v) is 3.15. The number of aromatic amines is 1. The van der Waals surface area contributed by atoms with E-state index in [0.717, 1.165) is 30.2 Å². The molecule has 3 heterocycles. The van der Waals surface area contributed by atoms with E-state index in [4.69, 9.17) is 0 Å². The fourth-order valence-corrected chi connectivity index (χ4v) is 1.40. The van der Waals surface area contributed by atoms with E-state index >= 15 is 0 Å². The third kappa shape index (κ3) is 0.965. The third-order valence-electron chi connectivity index (χ3n) is 2.30. The van der Waals surface area contributed by atoms with E-state index in [1.807, 2.05) is 0 Å². The number of nitrogens with zero attached hydrogens (tertiary/aromatic N) is 4. The first-order valence-electron chi connectivity index (χ1n) is 4.34. The average molecular weight is 175 g/mol. The standard InChI is InChI=1S/C8H9N5/c1-2-13(3-1)8-9-4-6-7(12-8)11-5-10-6/h4-5H,1-3H2,(H,9,10,11,12). The van der Waals surface area contributed by atoms with Crippen LogP contribution < -0.4 is 4.90 Å². The van der Waals surface area contributed by atoms with Crippen LogP contribution in [-0.2, 0) is 0 Å². The van der Waals surface area contributed by atoms with Crippen molar-refractivity contribution in [3.05, 3.63) is 12.5 Å². The summed E-state index contributed by atoms with van der Waals surface area (Å²) in [5.74, 6) is 0.797. The van der Waals surface area contributed by atoms with Crippen molar-refractivity contribution in [2.75, 3.05) is 18.0 Å². The molecule has 1 N–H and O–H groups in total. The summed E-state index contributed by atoms with van der Waals surface area (Å²) in [6, 6.07) is 0. The first kappa shape index (κ1) is 6.82. The fraction of sp³-hybridized carbons (Fsp3) is 0.375. The molecule has 13 heavy (non-hydrogen) atoms. The van der Waals surface area contributed by atoms with Crippen LogP contribution in [0.3, 0.4) is 0 Å². The van der Waals surface area contributed by atoms with E-state index in [-0.39, 0.29) is 0 Å². The van der Waals surface area contributed by atoms with Crippen molar-refractivity contribution in [1.82, 2.24) is 19.9 Å². The lowest BCUT2D eigenvalue weighted by Crippen LogP contribution is -2.38. The Kier molecular flexibility index (Phi) is 1.27. The number of anilines is 1. The number of H-pyrrole nitrogens is 1. The number of nitrogens with one attached hydrogen (secondary N) is 1. The molecule has 3 rings (SSSR count). The molecule has 0 saturated carbocycles. The van der Waals surface area contributed by atoms with Crippen LogP contribution in [-0.4, -0.2) is 33.0 Å². The number of hydrogen-bond donors (Lipinski definition) is 1. The van der Waals surface area contributed by atoms with Crippen molar-refractivity contribution in [2.24, 2.45) is 0 Å². The third-order valence-corrected chi connectivity index (χ3v) is 2.30. The van der Waals surface area contributed by atoms with E-state index in [9.17, 15) is 0 Å². The maximum Gasteiger partial charge on any atom is 0.227 e. The Morgan fingerprint density at radius 2 is 2.23 bits per heavy atom. The first-order chi connectivity index (χ1) is 6.43. The summed E-state index contributed by atoms with van der Waals surface area (Å²) in [6.07, 6.45) is 4.66. The van der Waals surface area contributed by atoms with Gasteiger partial charge in [-0.15, -0.1) is 0 Å². The number of fused-ring (bicyclic) bond motifs is 1. The minimum absolute atomic E-state index is 0.747. The van der Waals surface area contributed by atoms with Crippen LogP contribution in [0.1, 0.15) is 6.42 Å². The molecule has 1 aliphatic rings. The molecule has 0 aliphatic carbocycles. The van der Waals surface area contributed by atoms with Gasteiger partial charge in [0.15, 0.2) is 5.65 Å². The predicted molar refractivity (Wildman–Crippen MR) is 48.5 cm³/mol. The normalized spacial score (nSPS) is 16.2. The van der Waals surface area contributed by atoms with Crippen molar-refractivity contribution in [2.45, 2.75) is 6.42 Å². The zero-order chi connectivity index (χ0) is 8.67. The molecule has 5 heteroatoms. The maximum atomic E-state index is 4.33. The second kappa shape index (κ2) is 2.42. The molecule has 0 radical (unpaired) electrons. The van der Waals surface area contributed by atoms with Crippen molar-refractivity contribution >= 4 is 17.1 Å². The van der Waals surface area contributed by atoms with E-state index in [1.165, 1.54) is 6.42 Å². The molecule has 5 nitrogen and oxygen atoms in total. The molecule has 2 aromatic rings. The van der Waals surface area contributed by atoms with Gasteiger partial charge in [-0.3, -0.25) is 0 Å². The molecular formula is C8H9N5. The van der Waals surface area contributed by atoms with Crippen LogP contribution in [0.5, 0.6) is 0 Å². The molecular weight excluding hydrogens is 166 g/mol. The van der Waals surface area contributed by atoms with Crippen LogP contribution in [0, 0.1) is 0 Å². The Hall–Kier alpha value is -1.65. The SMILES string of the molecule is c1nc2nc(N3CCC3)ncc2[nH]1. The Bertz CT molecular complexity index is 431. The lowest BCUT2D eigenvalue weighted by Gasteiger charge is -2.30. The van der Waals surface area contributed by atoms with Crippen LogP contribution in [0.2, 0.25) is 0 Å². The lowest BCUT2D eigenvalue weighted by atomic mass is 10.2. The molecule has 0 amide bonds. The highest BCUT2D eigenvalue weighted by Crippen LogP contribution is 2.16. The zero-order valence-electron chi connectivity index (χ0n) is 7.06. The summed E-state index contributed by atoms with van der Waals surface area (Å²) in [6.45, 7) is 2.13. The van der Waals surface area contributed by atoms with Gasteiger partial charge in [0.25, 0.3) is 0 Å². The summed E-state index contributed by atoms with van der Waals surface area (Å²) in [7, 11) is 0. The first-order valence-corrected chi connectivity index (χ1v) is 4.34. The van der Waals surface area contributed by atoms with E-state index < -0.39 is 0 Å². The van der Waals surface area contributed by atoms with Gasteiger partial charge in [-0.2, -0.15) is 4.98 Å². The summed E-state index contributed by atoms with van der Waals surface area (Å²) >= 11 is 0. The molecule has 66 valence electrons. The maximum absolute atomic E-state index is 4.33. The number of imidazole rings is 1. The highest BCUT2D eigenvalue weighted by atomic mass is 15.3. The van der Waals surface area contributed by atoms with Crippen LogP contribution in [0.25, 0.3) is 11.2 Å². The van der Waals surface area contributed by atoms with Gasteiger partial charge in [-0.1, -0.05) is 0 Å². The minimum atomic E-state index is 0.747. The zero-order valence-corrected chi connectivity index (χ0v) is 7.06. The second-order valence-electron chi connectivity index (χ2n) is 3.15. The van der Waals surface area contributed by atoms with Crippen molar-refractivity contribution in [3.8, 4) is 0 Å². The van der Waals surface area contributed by atoms with Crippen LogP contribution in [0.4, 0.5) is 5.95 Å². The Balaban J connectivity index is 2.09. The summed E-state index contributed by atoms with van der Waals surface area (Å²) in [5.41, 5.74) is 1.64. The predicted octanol–water partition coefficient (Wildman–Crippen LogP) is 0.563. The number of hydrogen-bond acceptors (Lipinski definition) is 4. The molecule has 1 fully saturated rings. The van der Waals surface area contributed by atoms with Gasteiger partial charge in [0.2, 0.25) is 5.95 Å². The van der Waals surface area contributed by atoms with Gasteiger partial charge in [-0.05, 0) is 6.42 Å². The quantitative estimate of drug-likeness (QED) is 0.688. The van der Waals surface area contributed by atoms with Gasteiger partial charge >= 0.3 is 0 Å². The highest BCUT2D eigenvalue weighted by Gasteiger charge is 2.17. The van der Waals surface area contributed by atoms with Gasteiger partial charge in [0.1, 0.15) is 5.52 Å². The van der Waals surface area contributed by atoms with Crippen LogP contribution >= 0.6 is 0 Å². The number of rotatable bonds is 1. The lowest BCUT2D eigenvalue weighted by molar-refractivity contribution is 0.601. The van der Waals surface area contributed by atoms with E-state index in [1.54, 1.807) is 12.5 Å². The molecule has 0 bridgehead atoms. The van der Waals surface area contributed by atoms with Gasteiger partial charge in [0, 0.05) is 13.1 Å². The van der Waals surface area contributed by atoms with Crippen molar-refractivity contribution in [3.63, 3.8) is 0 Å². The summed E-state index contributed by atoms with van der Waals surface area (Å²) < 4.78 is 0. The molecule has 0 aromatic carbocycles. The Labute approximate surface area is 74.8 Å². The van der Waals surface area contributed by atoms with Crippen LogP contribution in [0.15, 0.2) is 12.5 Å². The smallest absolute Gasteiger partial charge is 0.227 e. The molecule has 0 spiro atoms. The highest BCUT2D eigenvalue weighted by molar-refractivity contribution is 5.69. The topological polar surface area (TPSA) is 57.7 Å². The van der Waals surface area contributed by atoms with E-state index in [2.05, 4.69) is 24.8 Å². The van der Waals surface area contributed by atoms with Gasteiger partial charge in [0.05, 0.1) is 12.5 Å². The van der Waals surface area contributed by atoms with Gasteiger partial charge in [-0.25, -0.2) is 9.97 Å². The molecule has 0 atom stereocenters. The Morgan fingerprint density at radius 3 is 3.00 bits per heavy atom. The van der Waals surface area contributed by atoms with Crippen molar-refractivity contribution < 1.29 is 0 Å². The monoisotopic (exact) mass is 175 g/mol. The summed E-state index contributed by atoms with van der Waals surface area (Å²) in [5, 5.41) is 0. The molecule has 1 aliphatic heterocycles. The molecule has 0 unspecified atom stereocenters. The average Bonchev–Trinajstić information content (AvgIpc) is 2.47. The van der Waals surface area contributed by atoms with Gasteiger partial charge < -0.3 is 9.88 Å². The van der Waals surface area contributed by atoms with E-state index in [0.29, 0.717) is 0 Å². The Morgan fingerprint density at radius 1 is 1.31 bits per heavy atom. The minimum Gasteiger partial charge on any atom is -0.342 e. The fourth-order valence-electron chi connectivity index (χ4n) is 1.40. The largest absolute Gasteiger partial charge is 0.342 e. The molecule has 2 aromatic heterocycles. The molecule has 1 saturated heterocycles. The summed E-state index contributed by atoms with van der Waals surface area (Å²) in [4.78, 5) is 17.8.